The van der Waals surface area contributed by atoms with Crippen LogP contribution in [0.4, 0.5) is 10.5 Å². The third kappa shape index (κ3) is 6.63. The predicted molar refractivity (Wildman–Crippen MR) is 140 cm³/mol. The molecule has 190 valence electrons. The summed E-state index contributed by atoms with van der Waals surface area (Å²) in [6.45, 7) is 5.31. The Morgan fingerprint density at radius 1 is 0.943 bits per heavy atom. The molecule has 2 fully saturated rings. The van der Waals surface area contributed by atoms with Crippen LogP contribution in [0, 0.1) is 11.8 Å². The number of rotatable bonds is 8. The van der Waals surface area contributed by atoms with Gasteiger partial charge < -0.3 is 15.5 Å². The fraction of sp³-hybridized carbons (Fsp3) is 0.519. The molecule has 1 atom stereocenters. The number of carbonyl (C=O) groups is 1. The van der Waals surface area contributed by atoms with E-state index in [2.05, 4.69) is 17.6 Å². The van der Waals surface area contributed by atoms with Crippen LogP contribution in [-0.4, -0.2) is 56.4 Å². The van der Waals surface area contributed by atoms with Crippen molar-refractivity contribution in [2.75, 3.05) is 38.0 Å². The van der Waals surface area contributed by atoms with E-state index in [-0.39, 0.29) is 24.0 Å². The van der Waals surface area contributed by atoms with Gasteiger partial charge in [0.05, 0.1) is 4.90 Å². The Morgan fingerprint density at radius 2 is 1.60 bits per heavy atom. The fourth-order valence-corrected chi connectivity index (χ4v) is 6.61. The Labute approximate surface area is 209 Å². The molecule has 2 aliphatic rings. The zero-order chi connectivity index (χ0) is 24.7. The standard InChI is InChI=1S/C27H38N4O3S/c1-22(23-10-4-2-5-11-23)20-28-21-24-12-8-9-15-26(24)29-27(32)30-16-18-31(19-17-30)35(33,34)25-13-6-3-7-14-25/h3,6-9,12-15,22-23,28H,2,4-5,10-11,16-21H2,1H3,(H,29,32). The van der Waals surface area contributed by atoms with E-state index >= 15 is 0 Å². The zero-order valence-electron chi connectivity index (χ0n) is 20.7. The molecule has 0 radical (unpaired) electrons. The lowest BCUT2D eigenvalue weighted by atomic mass is 9.81. The molecule has 1 unspecified atom stereocenters. The summed E-state index contributed by atoms with van der Waals surface area (Å²) in [5.41, 5.74) is 1.86. The molecule has 1 heterocycles. The van der Waals surface area contributed by atoms with Crippen molar-refractivity contribution in [1.29, 1.82) is 0 Å². The van der Waals surface area contributed by atoms with Crippen molar-refractivity contribution in [3.63, 3.8) is 0 Å². The fourth-order valence-electron chi connectivity index (χ4n) is 5.17. The van der Waals surface area contributed by atoms with Crippen LogP contribution in [0.15, 0.2) is 59.5 Å². The number of nitrogens with zero attached hydrogens (tertiary/aromatic N) is 2. The smallest absolute Gasteiger partial charge is 0.321 e. The molecule has 7 nitrogen and oxygen atoms in total. The quantitative estimate of drug-likeness (QED) is 0.560. The van der Waals surface area contributed by atoms with Crippen LogP contribution >= 0.6 is 0 Å². The van der Waals surface area contributed by atoms with Crippen LogP contribution in [0.2, 0.25) is 0 Å². The zero-order valence-corrected chi connectivity index (χ0v) is 21.5. The maximum atomic E-state index is 13.0. The minimum Gasteiger partial charge on any atom is -0.322 e. The van der Waals surface area contributed by atoms with Crippen LogP contribution in [0.1, 0.15) is 44.6 Å². The summed E-state index contributed by atoms with van der Waals surface area (Å²) in [4.78, 5) is 14.9. The molecular formula is C27H38N4O3S. The Morgan fingerprint density at radius 3 is 2.31 bits per heavy atom. The second kappa shape index (κ2) is 12.0. The molecule has 35 heavy (non-hydrogen) atoms. The predicted octanol–water partition coefficient (Wildman–Crippen LogP) is 4.53. The molecule has 0 aromatic heterocycles. The number of piperazine rings is 1. The molecule has 2 aromatic carbocycles. The Balaban J connectivity index is 1.28. The van der Waals surface area contributed by atoms with Gasteiger partial charge in [-0.2, -0.15) is 4.31 Å². The third-order valence-electron chi connectivity index (χ3n) is 7.40. The van der Waals surface area contributed by atoms with Crippen molar-refractivity contribution >= 4 is 21.7 Å². The van der Waals surface area contributed by atoms with Gasteiger partial charge in [0.15, 0.2) is 0 Å². The summed E-state index contributed by atoms with van der Waals surface area (Å²) < 4.78 is 27.2. The van der Waals surface area contributed by atoms with E-state index in [1.54, 1.807) is 35.2 Å². The van der Waals surface area contributed by atoms with E-state index in [9.17, 15) is 13.2 Å². The first-order chi connectivity index (χ1) is 16.9. The Hall–Kier alpha value is -2.42. The molecule has 1 saturated carbocycles. The van der Waals surface area contributed by atoms with Gasteiger partial charge in [0.2, 0.25) is 10.0 Å². The maximum absolute atomic E-state index is 13.0. The summed E-state index contributed by atoms with van der Waals surface area (Å²) in [5.74, 6) is 1.47. The van der Waals surface area contributed by atoms with Gasteiger partial charge in [-0.05, 0) is 42.1 Å². The summed E-state index contributed by atoms with van der Waals surface area (Å²) in [5, 5.41) is 6.64. The number of para-hydroxylation sites is 1. The number of amides is 2. The van der Waals surface area contributed by atoms with Gasteiger partial charge in [-0.3, -0.25) is 0 Å². The van der Waals surface area contributed by atoms with Crippen molar-refractivity contribution < 1.29 is 13.2 Å². The number of hydrogen-bond acceptors (Lipinski definition) is 4. The number of benzene rings is 2. The molecule has 2 amide bonds. The Kier molecular flexibility index (Phi) is 8.81. The lowest BCUT2D eigenvalue weighted by Crippen LogP contribution is -2.51. The minimum atomic E-state index is -3.54. The first-order valence-corrected chi connectivity index (χ1v) is 14.3. The second-order valence-corrected chi connectivity index (χ2v) is 11.7. The van der Waals surface area contributed by atoms with Gasteiger partial charge >= 0.3 is 6.03 Å². The van der Waals surface area contributed by atoms with Gasteiger partial charge in [-0.1, -0.05) is 75.4 Å². The van der Waals surface area contributed by atoms with Gasteiger partial charge in [-0.25, -0.2) is 13.2 Å². The van der Waals surface area contributed by atoms with Crippen LogP contribution in [0.3, 0.4) is 0 Å². The van der Waals surface area contributed by atoms with Gasteiger partial charge in [0, 0.05) is 38.4 Å². The number of carbonyl (C=O) groups excluding carboxylic acids is 1. The average Bonchev–Trinajstić information content (AvgIpc) is 2.90. The largest absolute Gasteiger partial charge is 0.322 e. The summed E-state index contributed by atoms with van der Waals surface area (Å²) in [6.07, 6.45) is 6.78. The van der Waals surface area contributed by atoms with E-state index in [1.807, 2.05) is 24.3 Å². The highest BCUT2D eigenvalue weighted by Crippen LogP contribution is 2.29. The summed E-state index contributed by atoms with van der Waals surface area (Å²) >= 11 is 0. The summed E-state index contributed by atoms with van der Waals surface area (Å²) in [6, 6.07) is 16.1. The molecule has 2 aromatic rings. The number of hydrogen-bond donors (Lipinski definition) is 2. The number of nitrogens with one attached hydrogen (secondary N) is 2. The first kappa shape index (κ1) is 25.7. The monoisotopic (exact) mass is 498 g/mol. The molecule has 0 bridgehead atoms. The second-order valence-electron chi connectivity index (χ2n) is 9.80. The highest BCUT2D eigenvalue weighted by atomic mass is 32.2. The molecule has 2 N–H and O–H groups in total. The third-order valence-corrected chi connectivity index (χ3v) is 9.31. The van der Waals surface area contributed by atoms with Crippen molar-refractivity contribution in [3.8, 4) is 0 Å². The average molecular weight is 499 g/mol. The van der Waals surface area contributed by atoms with Crippen LogP contribution in [0.5, 0.6) is 0 Å². The van der Waals surface area contributed by atoms with E-state index in [1.165, 1.54) is 36.4 Å². The lowest BCUT2D eigenvalue weighted by molar-refractivity contribution is 0.184. The van der Waals surface area contributed by atoms with Crippen molar-refractivity contribution in [2.24, 2.45) is 11.8 Å². The number of sulfonamides is 1. The molecule has 8 heteroatoms. The van der Waals surface area contributed by atoms with E-state index < -0.39 is 10.0 Å². The van der Waals surface area contributed by atoms with Crippen molar-refractivity contribution in [1.82, 2.24) is 14.5 Å². The first-order valence-electron chi connectivity index (χ1n) is 12.8. The molecule has 1 saturated heterocycles. The number of urea groups is 1. The normalized spacial score (nSPS) is 18.8. The molecule has 4 rings (SSSR count). The van der Waals surface area contributed by atoms with E-state index in [4.69, 9.17) is 0 Å². The maximum Gasteiger partial charge on any atom is 0.321 e. The Bertz CT molecular complexity index is 1060. The van der Waals surface area contributed by atoms with E-state index in [0.717, 1.165) is 23.7 Å². The topological polar surface area (TPSA) is 81.8 Å². The minimum absolute atomic E-state index is 0.190. The van der Waals surface area contributed by atoms with Crippen LogP contribution < -0.4 is 10.6 Å². The number of anilines is 1. The van der Waals surface area contributed by atoms with E-state index in [0.29, 0.717) is 25.6 Å². The molecule has 0 spiro atoms. The van der Waals surface area contributed by atoms with Gasteiger partial charge in [0.25, 0.3) is 0 Å². The molecule has 1 aliphatic carbocycles. The van der Waals surface area contributed by atoms with Gasteiger partial charge in [0.1, 0.15) is 0 Å². The molecular weight excluding hydrogens is 460 g/mol. The SMILES string of the molecule is CC(CNCc1ccccc1NC(=O)N1CCN(S(=O)(=O)c2ccccc2)CC1)C1CCCCC1. The van der Waals surface area contributed by atoms with Crippen LogP contribution in [-0.2, 0) is 16.6 Å². The lowest BCUT2D eigenvalue weighted by Gasteiger charge is -2.34. The highest BCUT2D eigenvalue weighted by Gasteiger charge is 2.30. The van der Waals surface area contributed by atoms with Crippen molar-refractivity contribution in [3.05, 3.63) is 60.2 Å². The van der Waals surface area contributed by atoms with Gasteiger partial charge in [-0.15, -0.1) is 0 Å². The van der Waals surface area contributed by atoms with Crippen molar-refractivity contribution in [2.45, 2.75) is 50.5 Å². The highest BCUT2D eigenvalue weighted by molar-refractivity contribution is 7.89. The van der Waals surface area contributed by atoms with Crippen LogP contribution in [0.25, 0.3) is 0 Å². The molecule has 1 aliphatic heterocycles. The summed E-state index contributed by atoms with van der Waals surface area (Å²) in [7, 11) is -3.54.